The van der Waals surface area contributed by atoms with E-state index in [2.05, 4.69) is 48.5 Å². The van der Waals surface area contributed by atoms with Crippen LogP contribution in [0.2, 0.25) is 0 Å². The molecule has 0 bridgehead atoms. The lowest BCUT2D eigenvalue weighted by Gasteiger charge is -2.29. The Bertz CT molecular complexity index is 449. The molecular formula is C13H29IN4O2S. The van der Waals surface area contributed by atoms with Crippen LogP contribution in [0, 0.1) is 5.41 Å². The van der Waals surface area contributed by atoms with E-state index in [0.29, 0.717) is 12.4 Å². The maximum Gasteiger partial charge on any atom is 0.191 e. The fourth-order valence-corrected chi connectivity index (χ4v) is 4.21. The van der Waals surface area contributed by atoms with Gasteiger partial charge >= 0.3 is 0 Å². The summed E-state index contributed by atoms with van der Waals surface area (Å²) in [5, 5.41) is 6.48. The summed E-state index contributed by atoms with van der Waals surface area (Å²) in [6, 6.07) is -0.0249. The van der Waals surface area contributed by atoms with Gasteiger partial charge in [0.15, 0.2) is 15.8 Å². The number of hydrogen-bond acceptors (Lipinski definition) is 4. The number of hydrogen-bond donors (Lipinski definition) is 2. The number of sulfone groups is 1. The minimum absolute atomic E-state index is 0. The van der Waals surface area contributed by atoms with Crippen molar-refractivity contribution in [3.05, 3.63) is 0 Å². The van der Waals surface area contributed by atoms with Crippen molar-refractivity contribution in [1.29, 1.82) is 0 Å². The Hall–Kier alpha value is -0.0900. The summed E-state index contributed by atoms with van der Waals surface area (Å²) in [5.41, 5.74) is 0.114. The van der Waals surface area contributed by atoms with Crippen LogP contribution in [-0.4, -0.2) is 71.1 Å². The molecule has 0 aromatic carbocycles. The van der Waals surface area contributed by atoms with Gasteiger partial charge in [-0.15, -0.1) is 24.0 Å². The second-order valence-corrected chi connectivity index (χ2v) is 8.80. The van der Waals surface area contributed by atoms with Gasteiger partial charge in [0.25, 0.3) is 0 Å². The van der Waals surface area contributed by atoms with E-state index >= 15 is 0 Å². The lowest BCUT2D eigenvalue weighted by Crippen LogP contribution is -2.48. The maximum atomic E-state index is 11.4. The third kappa shape index (κ3) is 8.20. The predicted octanol–water partition coefficient (Wildman–Crippen LogP) is 0.544. The normalized spacial score (nSPS) is 22.0. The standard InChI is InChI=1S/C13H28N4O2S.HI/c1-13(2,10-17(4)5)9-15-12(14-3)16-11-6-7-20(18,19)8-11;/h11H,6-10H2,1-5H3,(H2,14,15,16);1H. The van der Waals surface area contributed by atoms with E-state index in [1.807, 2.05) is 0 Å². The van der Waals surface area contributed by atoms with Gasteiger partial charge in [-0.1, -0.05) is 13.8 Å². The van der Waals surface area contributed by atoms with Crippen molar-refractivity contribution in [1.82, 2.24) is 15.5 Å². The van der Waals surface area contributed by atoms with Crippen LogP contribution in [0.4, 0.5) is 0 Å². The smallest absolute Gasteiger partial charge is 0.191 e. The summed E-state index contributed by atoms with van der Waals surface area (Å²) in [7, 11) is 2.95. The van der Waals surface area contributed by atoms with E-state index in [1.165, 1.54) is 0 Å². The summed E-state index contributed by atoms with van der Waals surface area (Å²) < 4.78 is 22.9. The SMILES string of the molecule is CN=C(NCC(C)(C)CN(C)C)NC1CCS(=O)(=O)C1.I. The molecule has 0 aromatic rings. The minimum atomic E-state index is -2.86. The molecule has 1 aliphatic heterocycles. The minimum Gasteiger partial charge on any atom is -0.356 e. The zero-order valence-corrected chi connectivity index (χ0v) is 16.8. The average molecular weight is 432 g/mol. The van der Waals surface area contributed by atoms with Gasteiger partial charge < -0.3 is 15.5 Å². The molecule has 21 heavy (non-hydrogen) atoms. The van der Waals surface area contributed by atoms with Gasteiger partial charge in [-0.25, -0.2) is 8.42 Å². The molecule has 0 amide bonds. The fraction of sp³-hybridized carbons (Fsp3) is 0.923. The highest BCUT2D eigenvalue weighted by molar-refractivity contribution is 14.0. The van der Waals surface area contributed by atoms with Crippen molar-refractivity contribution in [2.24, 2.45) is 10.4 Å². The highest BCUT2D eigenvalue weighted by atomic mass is 127. The van der Waals surface area contributed by atoms with E-state index in [0.717, 1.165) is 13.1 Å². The summed E-state index contributed by atoms with van der Waals surface area (Å²) >= 11 is 0. The molecule has 1 fully saturated rings. The average Bonchev–Trinajstić information content (AvgIpc) is 2.62. The van der Waals surface area contributed by atoms with Crippen LogP contribution in [0.3, 0.4) is 0 Å². The van der Waals surface area contributed by atoms with E-state index in [4.69, 9.17) is 0 Å². The van der Waals surface area contributed by atoms with Gasteiger partial charge in [-0.2, -0.15) is 0 Å². The molecular weight excluding hydrogens is 403 g/mol. The number of rotatable bonds is 5. The second kappa shape index (κ2) is 8.52. The van der Waals surface area contributed by atoms with Crippen LogP contribution in [0.5, 0.6) is 0 Å². The van der Waals surface area contributed by atoms with Crippen LogP contribution >= 0.6 is 24.0 Å². The molecule has 1 unspecified atom stereocenters. The molecule has 0 aliphatic carbocycles. The fourth-order valence-electron chi connectivity index (χ4n) is 2.53. The van der Waals surface area contributed by atoms with Gasteiger partial charge in [0.1, 0.15) is 0 Å². The number of nitrogens with one attached hydrogen (secondary N) is 2. The third-order valence-corrected chi connectivity index (χ3v) is 5.04. The van der Waals surface area contributed by atoms with Crippen LogP contribution in [0.25, 0.3) is 0 Å². The number of guanidine groups is 1. The first-order valence-corrected chi connectivity index (χ1v) is 8.78. The maximum absolute atomic E-state index is 11.4. The summed E-state index contributed by atoms with van der Waals surface area (Å²) in [5.74, 6) is 1.15. The Morgan fingerprint density at radius 1 is 1.38 bits per heavy atom. The monoisotopic (exact) mass is 432 g/mol. The molecule has 1 rings (SSSR count). The molecule has 1 atom stereocenters. The van der Waals surface area contributed by atoms with Crippen molar-refractivity contribution in [2.45, 2.75) is 26.3 Å². The lowest BCUT2D eigenvalue weighted by molar-refractivity contribution is 0.241. The van der Waals surface area contributed by atoms with E-state index in [-0.39, 0.29) is 46.9 Å². The third-order valence-electron chi connectivity index (χ3n) is 3.28. The highest BCUT2D eigenvalue weighted by Gasteiger charge is 2.28. The second-order valence-electron chi connectivity index (χ2n) is 6.57. The first-order chi connectivity index (χ1) is 9.13. The molecule has 8 heteroatoms. The predicted molar refractivity (Wildman–Crippen MR) is 99.3 cm³/mol. The Kier molecular flexibility index (Phi) is 8.48. The summed E-state index contributed by atoms with van der Waals surface area (Å²) in [6.45, 7) is 6.12. The van der Waals surface area contributed by atoms with Gasteiger partial charge in [-0.05, 0) is 25.9 Å². The largest absolute Gasteiger partial charge is 0.356 e. The highest BCUT2D eigenvalue weighted by Crippen LogP contribution is 2.14. The lowest BCUT2D eigenvalue weighted by atomic mass is 9.93. The van der Waals surface area contributed by atoms with Crippen LogP contribution in [0.1, 0.15) is 20.3 Å². The molecule has 0 radical (unpaired) electrons. The first kappa shape index (κ1) is 20.9. The molecule has 2 N–H and O–H groups in total. The molecule has 0 spiro atoms. The van der Waals surface area contributed by atoms with Crippen LogP contribution in [0.15, 0.2) is 4.99 Å². The van der Waals surface area contributed by atoms with Crippen molar-refractivity contribution < 1.29 is 8.42 Å². The Balaban J connectivity index is 0.00000400. The van der Waals surface area contributed by atoms with Crippen molar-refractivity contribution in [3.63, 3.8) is 0 Å². The van der Waals surface area contributed by atoms with Gasteiger partial charge in [0, 0.05) is 26.2 Å². The van der Waals surface area contributed by atoms with Crippen molar-refractivity contribution >= 4 is 39.8 Å². The van der Waals surface area contributed by atoms with E-state index in [9.17, 15) is 8.42 Å². The Labute approximate surface area is 146 Å². The van der Waals surface area contributed by atoms with Gasteiger partial charge in [-0.3, -0.25) is 4.99 Å². The van der Waals surface area contributed by atoms with Crippen LogP contribution in [-0.2, 0) is 9.84 Å². The molecule has 6 nitrogen and oxygen atoms in total. The number of nitrogens with zero attached hydrogens (tertiary/aromatic N) is 2. The molecule has 0 aromatic heterocycles. The molecule has 1 aliphatic rings. The molecule has 1 saturated heterocycles. The summed E-state index contributed by atoms with van der Waals surface area (Å²) in [6.07, 6.45) is 0.657. The van der Waals surface area contributed by atoms with E-state index in [1.54, 1.807) is 7.05 Å². The Morgan fingerprint density at radius 3 is 2.43 bits per heavy atom. The van der Waals surface area contributed by atoms with Crippen LogP contribution < -0.4 is 10.6 Å². The van der Waals surface area contributed by atoms with Crippen molar-refractivity contribution in [2.75, 3.05) is 45.7 Å². The molecule has 1 heterocycles. The number of halogens is 1. The quantitative estimate of drug-likeness (QED) is 0.377. The molecule has 0 saturated carbocycles. The molecule has 126 valence electrons. The Morgan fingerprint density at radius 2 is 2.00 bits per heavy atom. The number of aliphatic imine (C=N–C) groups is 1. The first-order valence-electron chi connectivity index (χ1n) is 6.96. The summed E-state index contributed by atoms with van der Waals surface area (Å²) in [4.78, 5) is 6.32. The zero-order chi connectivity index (χ0) is 15.4. The topological polar surface area (TPSA) is 73.8 Å². The van der Waals surface area contributed by atoms with E-state index < -0.39 is 9.84 Å². The van der Waals surface area contributed by atoms with Gasteiger partial charge in [0.05, 0.1) is 11.5 Å². The van der Waals surface area contributed by atoms with Crippen molar-refractivity contribution in [3.8, 4) is 0 Å². The van der Waals surface area contributed by atoms with Gasteiger partial charge in [0.2, 0.25) is 0 Å². The zero-order valence-electron chi connectivity index (χ0n) is 13.6.